The van der Waals surface area contributed by atoms with Crippen LogP contribution in [0, 0.1) is 5.82 Å². The Kier molecular flexibility index (Phi) is 5.35. The molecular formula is C23H22FN2O2+. The summed E-state index contributed by atoms with van der Waals surface area (Å²) in [7, 11) is 0. The van der Waals surface area contributed by atoms with Crippen LogP contribution in [0.5, 0.6) is 5.75 Å². The lowest BCUT2D eigenvalue weighted by Crippen LogP contribution is -2.88. The molecule has 28 heavy (non-hydrogen) atoms. The molecule has 0 spiro atoms. The van der Waals surface area contributed by atoms with Crippen LogP contribution in [0.1, 0.15) is 29.6 Å². The number of benzene rings is 3. The van der Waals surface area contributed by atoms with E-state index in [4.69, 9.17) is 4.74 Å². The Labute approximate surface area is 163 Å². The average molecular weight is 377 g/mol. The predicted octanol–water partition coefficient (Wildman–Crippen LogP) is 3.59. The highest BCUT2D eigenvalue weighted by molar-refractivity contribution is 5.94. The van der Waals surface area contributed by atoms with Crippen LogP contribution in [0.25, 0.3) is 0 Å². The van der Waals surface area contributed by atoms with Gasteiger partial charge >= 0.3 is 0 Å². The highest BCUT2D eigenvalue weighted by atomic mass is 19.1. The van der Waals surface area contributed by atoms with Gasteiger partial charge in [-0.05, 0) is 36.4 Å². The number of amides is 1. The van der Waals surface area contributed by atoms with Crippen LogP contribution in [0.15, 0.2) is 78.9 Å². The molecule has 4 rings (SSSR count). The van der Waals surface area contributed by atoms with E-state index < -0.39 is 6.04 Å². The molecule has 2 atom stereocenters. The number of para-hydroxylation sites is 1. The van der Waals surface area contributed by atoms with Crippen molar-refractivity contribution in [3.8, 4) is 5.75 Å². The molecule has 5 heteroatoms. The third kappa shape index (κ3) is 4.05. The average Bonchev–Trinajstić information content (AvgIpc) is 2.74. The lowest BCUT2D eigenvalue weighted by molar-refractivity contribution is -0.723. The Hall–Kier alpha value is -3.18. The number of carbonyl (C=O) groups excluding carboxylic acids is 1. The standard InChI is InChI=1S/C23H21FN2O2/c24-17-10-12-18(13-11-17)25-23(27)22(16-6-2-1-3-7-16)26-20-14-15-28-21-9-5-4-8-19(20)21/h1-13,20,22,26H,14-15H2,(H,25,27)/p+1/t20-,22-/m0/s1. The zero-order valence-electron chi connectivity index (χ0n) is 15.3. The summed E-state index contributed by atoms with van der Waals surface area (Å²) in [5.41, 5.74) is 2.60. The lowest BCUT2D eigenvalue weighted by atomic mass is 9.97. The van der Waals surface area contributed by atoms with Crippen LogP contribution in [-0.2, 0) is 4.79 Å². The molecule has 3 aromatic rings. The summed E-state index contributed by atoms with van der Waals surface area (Å²) in [6.07, 6.45) is 0.824. The van der Waals surface area contributed by atoms with Crippen LogP contribution >= 0.6 is 0 Å². The van der Waals surface area contributed by atoms with Crippen LogP contribution in [0.4, 0.5) is 10.1 Å². The number of quaternary nitrogens is 1. The summed E-state index contributed by atoms with van der Waals surface area (Å²) < 4.78 is 18.9. The second-order valence-electron chi connectivity index (χ2n) is 6.86. The second-order valence-corrected chi connectivity index (χ2v) is 6.86. The van der Waals surface area contributed by atoms with Crippen molar-refractivity contribution in [3.05, 3.63) is 95.8 Å². The fourth-order valence-electron chi connectivity index (χ4n) is 3.57. The SMILES string of the molecule is O=C(Nc1ccc(F)cc1)[C@@H]([NH2+][C@H]1CCOc2ccccc21)c1ccccc1. The monoisotopic (exact) mass is 377 g/mol. The quantitative estimate of drug-likeness (QED) is 0.714. The molecule has 3 N–H and O–H groups in total. The molecule has 0 saturated carbocycles. The minimum Gasteiger partial charge on any atom is -0.493 e. The molecule has 3 aromatic carbocycles. The predicted molar refractivity (Wildman–Crippen MR) is 105 cm³/mol. The van der Waals surface area contributed by atoms with Gasteiger partial charge in [0.05, 0.1) is 12.2 Å². The number of hydrogen-bond donors (Lipinski definition) is 2. The molecule has 0 fully saturated rings. The summed E-state index contributed by atoms with van der Waals surface area (Å²) >= 11 is 0. The first-order chi connectivity index (χ1) is 13.7. The summed E-state index contributed by atoms with van der Waals surface area (Å²) in [5, 5.41) is 5.01. The number of ether oxygens (including phenoxy) is 1. The third-order valence-electron chi connectivity index (χ3n) is 4.98. The van der Waals surface area contributed by atoms with Gasteiger partial charge in [-0.3, -0.25) is 4.79 Å². The second kappa shape index (κ2) is 8.23. The van der Waals surface area contributed by atoms with Crippen molar-refractivity contribution in [2.45, 2.75) is 18.5 Å². The van der Waals surface area contributed by atoms with Gasteiger partial charge in [0.15, 0.2) is 6.04 Å². The lowest BCUT2D eigenvalue weighted by Gasteiger charge is -2.27. The van der Waals surface area contributed by atoms with E-state index in [1.165, 1.54) is 12.1 Å². The maximum atomic E-state index is 13.2. The number of hydrogen-bond acceptors (Lipinski definition) is 2. The fraction of sp³-hybridized carbons (Fsp3) is 0.174. The van der Waals surface area contributed by atoms with Gasteiger partial charge in [-0.15, -0.1) is 0 Å². The fourth-order valence-corrected chi connectivity index (χ4v) is 3.57. The van der Waals surface area contributed by atoms with Crippen molar-refractivity contribution >= 4 is 11.6 Å². The molecule has 0 aliphatic carbocycles. The maximum Gasteiger partial charge on any atom is 0.287 e. The van der Waals surface area contributed by atoms with Crippen molar-refractivity contribution < 1.29 is 19.2 Å². The van der Waals surface area contributed by atoms with E-state index in [0.29, 0.717) is 12.3 Å². The van der Waals surface area contributed by atoms with Crippen molar-refractivity contribution in [3.63, 3.8) is 0 Å². The molecule has 1 aliphatic rings. The van der Waals surface area contributed by atoms with Crippen LogP contribution in [-0.4, -0.2) is 12.5 Å². The molecule has 0 unspecified atom stereocenters. The number of halogens is 1. The molecule has 142 valence electrons. The van der Waals surface area contributed by atoms with Crippen LogP contribution in [0.2, 0.25) is 0 Å². The van der Waals surface area contributed by atoms with E-state index in [-0.39, 0.29) is 17.8 Å². The molecule has 0 bridgehead atoms. The smallest absolute Gasteiger partial charge is 0.287 e. The van der Waals surface area contributed by atoms with Gasteiger partial charge in [0.25, 0.3) is 5.91 Å². The van der Waals surface area contributed by atoms with Crippen molar-refractivity contribution in [1.29, 1.82) is 0 Å². The number of nitrogens with one attached hydrogen (secondary N) is 1. The summed E-state index contributed by atoms with van der Waals surface area (Å²) in [5.74, 6) is 0.408. The zero-order valence-corrected chi connectivity index (χ0v) is 15.3. The van der Waals surface area contributed by atoms with Crippen molar-refractivity contribution in [1.82, 2.24) is 0 Å². The molecule has 1 amide bonds. The van der Waals surface area contributed by atoms with Gasteiger partial charge in [-0.25, -0.2) is 4.39 Å². The number of carbonyl (C=O) groups is 1. The first-order valence-corrected chi connectivity index (χ1v) is 9.39. The van der Waals surface area contributed by atoms with Gasteiger partial charge in [0.2, 0.25) is 0 Å². The number of anilines is 1. The first kappa shape index (κ1) is 18.2. The van der Waals surface area contributed by atoms with E-state index in [2.05, 4.69) is 16.7 Å². The minimum absolute atomic E-state index is 0.120. The van der Waals surface area contributed by atoms with E-state index in [1.54, 1.807) is 12.1 Å². The van der Waals surface area contributed by atoms with Gasteiger partial charge in [0.1, 0.15) is 17.6 Å². The van der Waals surface area contributed by atoms with Gasteiger partial charge in [-0.2, -0.15) is 0 Å². The molecule has 0 radical (unpaired) electrons. The van der Waals surface area contributed by atoms with Crippen molar-refractivity contribution in [2.24, 2.45) is 0 Å². The molecule has 1 heterocycles. The maximum absolute atomic E-state index is 13.2. The van der Waals surface area contributed by atoms with E-state index in [1.807, 2.05) is 48.5 Å². The highest BCUT2D eigenvalue weighted by Gasteiger charge is 2.32. The Morgan fingerprint density at radius 2 is 1.71 bits per heavy atom. The third-order valence-corrected chi connectivity index (χ3v) is 4.98. The number of fused-ring (bicyclic) bond motifs is 1. The van der Waals surface area contributed by atoms with Gasteiger partial charge in [0, 0.05) is 17.7 Å². The van der Waals surface area contributed by atoms with Gasteiger partial charge < -0.3 is 15.4 Å². The van der Waals surface area contributed by atoms with Crippen molar-refractivity contribution in [2.75, 3.05) is 11.9 Å². The van der Waals surface area contributed by atoms with Crippen LogP contribution < -0.4 is 15.4 Å². The molecule has 0 aromatic heterocycles. The van der Waals surface area contributed by atoms with E-state index in [0.717, 1.165) is 23.3 Å². The number of nitrogens with two attached hydrogens (primary N) is 1. The Bertz CT molecular complexity index is 944. The van der Waals surface area contributed by atoms with E-state index >= 15 is 0 Å². The Morgan fingerprint density at radius 3 is 2.50 bits per heavy atom. The largest absolute Gasteiger partial charge is 0.493 e. The van der Waals surface area contributed by atoms with E-state index in [9.17, 15) is 9.18 Å². The molecule has 4 nitrogen and oxygen atoms in total. The highest BCUT2D eigenvalue weighted by Crippen LogP contribution is 2.30. The first-order valence-electron chi connectivity index (χ1n) is 9.39. The molecule has 0 saturated heterocycles. The summed E-state index contributed by atoms with van der Waals surface area (Å²) in [6.45, 7) is 0.624. The normalized spacial score (nSPS) is 16.5. The zero-order chi connectivity index (χ0) is 19.3. The Balaban J connectivity index is 1.60. The Morgan fingerprint density at radius 1 is 1.00 bits per heavy atom. The topological polar surface area (TPSA) is 54.9 Å². The molecule has 1 aliphatic heterocycles. The summed E-state index contributed by atoms with van der Waals surface area (Å²) in [6, 6.07) is 23.2. The number of rotatable bonds is 5. The van der Waals surface area contributed by atoms with Crippen LogP contribution in [0.3, 0.4) is 0 Å². The van der Waals surface area contributed by atoms with Gasteiger partial charge in [-0.1, -0.05) is 42.5 Å². The minimum atomic E-state index is -0.428. The molecular weight excluding hydrogens is 355 g/mol. The summed E-state index contributed by atoms with van der Waals surface area (Å²) in [4.78, 5) is 13.1.